The lowest BCUT2D eigenvalue weighted by Crippen LogP contribution is -1.93. The smallest absolute Gasteiger partial charge is 0.213 e. The maximum absolute atomic E-state index is 5.29. The van der Waals surface area contributed by atoms with Gasteiger partial charge in [-0.3, -0.25) is 4.98 Å². The van der Waals surface area contributed by atoms with Gasteiger partial charge in [0.15, 0.2) is 0 Å². The molecule has 0 amide bonds. The van der Waals surface area contributed by atoms with Gasteiger partial charge in [0.1, 0.15) is 0 Å². The van der Waals surface area contributed by atoms with E-state index in [4.69, 9.17) is 4.74 Å². The molecule has 2 aromatic rings. The Kier molecular flexibility index (Phi) is 3.15. The minimum Gasteiger partial charge on any atom is -0.478 e. The summed E-state index contributed by atoms with van der Waals surface area (Å²) in [4.78, 5) is 8.47. The van der Waals surface area contributed by atoms with Crippen molar-refractivity contribution in [2.24, 2.45) is 0 Å². The van der Waals surface area contributed by atoms with Gasteiger partial charge in [-0.1, -0.05) is 6.07 Å². The molecule has 2 rings (SSSR count). The second-order valence-electron chi connectivity index (χ2n) is 3.51. The van der Waals surface area contributed by atoms with E-state index in [0.29, 0.717) is 12.5 Å². The highest BCUT2D eigenvalue weighted by atomic mass is 16.5. The summed E-state index contributed by atoms with van der Waals surface area (Å²) in [7, 11) is 0. The number of aromatic nitrogens is 2. The van der Waals surface area contributed by atoms with Crippen LogP contribution in [0.5, 0.6) is 5.88 Å². The van der Waals surface area contributed by atoms with E-state index in [-0.39, 0.29) is 0 Å². The number of hydrogen-bond acceptors (Lipinski definition) is 3. The molecule has 0 aliphatic carbocycles. The van der Waals surface area contributed by atoms with Crippen LogP contribution in [-0.2, 0) is 0 Å². The summed E-state index contributed by atoms with van der Waals surface area (Å²) < 4.78 is 5.29. The van der Waals surface area contributed by atoms with Gasteiger partial charge >= 0.3 is 0 Å². The van der Waals surface area contributed by atoms with Crippen LogP contribution in [0.3, 0.4) is 0 Å². The molecule has 0 aliphatic heterocycles. The molecule has 3 nitrogen and oxygen atoms in total. The Hall–Kier alpha value is -1.90. The Morgan fingerprint density at radius 1 is 1.00 bits per heavy atom. The summed E-state index contributed by atoms with van der Waals surface area (Å²) in [5.41, 5.74) is 3.14. The fourth-order valence-electron chi connectivity index (χ4n) is 1.42. The van der Waals surface area contributed by atoms with Crippen molar-refractivity contribution >= 4 is 0 Å². The number of rotatable bonds is 3. The quantitative estimate of drug-likeness (QED) is 0.788. The first-order valence-electron chi connectivity index (χ1n) is 5.31. The summed E-state index contributed by atoms with van der Waals surface area (Å²) in [5, 5.41) is 0. The highest BCUT2D eigenvalue weighted by Gasteiger charge is 1.99. The lowest BCUT2D eigenvalue weighted by molar-refractivity contribution is 0.327. The van der Waals surface area contributed by atoms with E-state index >= 15 is 0 Å². The zero-order valence-corrected chi connectivity index (χ0v) is 9.47. The molecule has 0 saturated carbocycles. The van der Waals surface area contributed by atoms with Gasteiger partial charge in [0.05, 0.1) is 6.61 Å². The Balaban J connectivity index is 2.24. The predicted molar refractivity (Wildman–Crippen MR) is 63.4 cm³/mol. The second kappa shape index (κ2) is 4.75. The van der Waals surface area contributed by atoms with Crippen LogP contribution in [0, 0.1) is 6.92 Å². The summed E-state index contributed by atoms with van der Waals surface area (Å²) in [6.07, 6.45) is 3.66. The Labute approximate surface area is 95.1 Å². The number of pyridine rings is 2. The first-order chi connectivity index (χ1) is 7.79. The summed E-state index contributed by atoms with van der Waals surface area (Å²) in [6, 6.07) is 7.90. The van der Waals surface area contributed by atoms with E-state index < -0.39 is 0 Å². The van der Waals surface area contributed by atoms with Crippen LogP contribution >= 0.6 is 0 Å². The molecule has 0 aliphatic rings. The number of hydrogen-bond donors (Lipinski definition) is 0. The molecule has 0 unspecified atom stereocenters. The Bertz CT molecular complexity index is 448. The third kappa shape index (κ3) is 2.37. The first kappa shape index (κ1) is 10.6. The van der Waals surface area contributed by atoms with E-state index in [1.54, 1.807) is 6.20 Å². The molecule has 0 bridgehead atoms. The van der Waals surface area contributed by atoms with E-state index in [0.717, 1.165) is 16.8 Å². The van der Waals surface area contributed by atoms with Crippen molar-refractivity contribution in [1.82, 2.24) is 9.97 Å². The number of nitrogens with zero attached hydrogens (tertiary/aromatic N) is 2. The van der Waals surface area contributed by atoms with E-state index in [2.05, 4.69) is 9.97 Å². The molecule has 0 fully saturated rings. The van der Waals surface area contributed by atoms with Crippen molar-refractivity contribution in [2.45, 2.75) is 13.8 Å². The van der Waals surface area contributed by atoms with Gasteiger partial charge in [-0.05, 0) is 26.0 Å². The molecular formula is C13H14N2O. The largest absolute Gasteiger partial charge is 0.478 e. The SMILES string of the molecule is CCOc1ccc(-c2ccc(C)nc2)cn1. The fourth-order valence-corrected chi connectivity index (χ4v) is 1.42. The monoisotopic (exact) mass is 214 g/mol. The zero-order valence-electron chi connectivity index (χ0n) is 9.47. The van der Waals surface area contributed by atoms with Gasteiger partial charge in [-0.15, -0.1) is 0 Å². The van der Waals surface area contributed by atoms with Crippen molar-refractivity contribution in [3.8, 4) is 17.0 Å². The normalized spacial score (nSPS) is 10.1. The molecule has 82 valence electrons. The van der Waals surface area contributed by atoms with Crippen LogP contribution in [-0.4, -0.2) is 16.6 Å². The second-order valence-corrected chi connectivity index (χ2v) is 3.51. The highest BCUT2D eigenvalue weighted by molar-refractivity contribution is 5.61. The third-order valence-electron chi connectivity index (χ3n) is 2.27. The van der Waals surface area contributed by atoms with Crippen LogP contribution in [0.25, 0.3) is 11.1 Å². The lowest BCUT2D eigenvalue weighted by atomic mass is 10.1. The highest BCUT2D eigenvalue weighted by Crippen LogP contribution is 2.19. The maximum Gasteiger partial charge on any atom is 0.213 e. The predicted octanol–water partition coefficient (Wildman–Crippen LogP) is 2.85. The summed E-state index contributed by atoms with van der Waals surface area (Å²) >= 11 is 0. The molecule has 0 spiro atoms. The van der Waals surface area contributed by atoms with Gasteiger partial charge < -0.3 is 4.74 Å². The Morgan fingerprint density at radius 2 is 1.69 bits per heavy atom. The molecule has 0 aromatic carbocycles. The van der Waals surface area contributed by atoms with Crippen LogP contribution in [0.4, 0.5) is 0 Å². The molecule has 0 atom stereocenters. The van der Waals surface area contributed by atoms with Crippen molar-refractivity contribution in [2.75, 3.05) is 6.61 Å². The lowest BCUT2D eigenvalue weighted by Gasteiger charge is -2.04. The fraction of sp³-hybridized carbons (Fsp3) is 0.231. The number of ether oxygens (including phenoxy) is 1. The van der Waals surface area contributed by atoms with Crippen molar-refractivity contribution in [3.63, 3.8) is 0 Å². The van der Waals surface area contributed by atoms with E-state index in [9.17, 15) is 0 Å². The van der Waals surface area contributed by atoms with Crippen LogP contribution in [0.1, 0.15) is 12.6 Å². The first-order valence-corrected chi connectivity index (χ1v) is 5.31. The standard InChI is InChI=1S/C13H14N2O/c1-3-16-13-7-6-12(9-15-13)11-5-4-10(2)14-8-11/h4-9H,3H2,1-2H3. The van der Waals surface area contributed by atoms with Gasteiger partial charge in [-0.25, -0.2) is 4.98 Å². The van der Waals surface area contributed by atoms with Crippen LogP contribution in [0.2, 0.25) is 0 Å². The summed E-state index contributed by atoms with van der Waals surface area (Å²) in [6.45, 7) is 4.55. The Morgan fingerprint density at radius 3 is 2.19 bits per heavy atom. The molecule has 2 aromatic heterocycles. The average Bonchev–Trinajstić information content (AvgIpc) is 2.32. The van der Waals surface area contributed by atoms with Crippen LogP contribution in [0.15, 0.2) is 36.7 Å². The van der Waals surface area contributed by atoms with Crippen molar-refractivity contribution < 1.29 is 4.74 Å². The molecule has 0 saturated heterocycles. The molecule has 0 radical (unpaired) electrons. The average molecular weight is 214 g/mol. The molecule has 0 N–H and O–H groups in total. The summed E-state index contributed by atoms with van der Waals surface area (Å²) in [5.74, 6) is 0.659. The third-order valence-corrected chi connectivity index (χ3v) is 2.27. The zero-order chi connectivity index (χ0) is 11.4. The van der Waals surface area contributed by atoms with Gasteiger partial charge in [0.25, 0.3) is 0 Å². The van der Waals surface area contributed by atoms with E-state index in [1.807, 2.05) is 44.3 Å². The minimum absolute atomic E-state index is 0.637. The van der Waals surface area contributed by atoms with Gasteiger partial charge in [0.2, 0.25) is 5.88 Å². The molecule has 3 heteroatoms. The maximum atomic E-state index is 5.29. The van der Waals surface area contributed by atoms with Gasteiger partial charge in [-0.2, -0.15) is 0 Å². The molecule has 2 heterocycles. The minimum atomic E-state index is 0.637. The van der Waals surface area contributed by atoms with Gasteiger partial charge in [0, 0.05) is 35.3 Å². The van der Waals surface area contributed by atoms with Crippen molar-refractivity contribution in [1.29, 1.82) is 0 Å². The molecule has 16 heavy (non-hydrogen) atoms. The van der Waals surface area contributed by atoms with Crippen molar-refractivity contribution in [3.05, 3.63) is 42.4 Å². The number of aryl methyl sites for hydroxylation is 1. The van der Waals surface area contributed by atoms with E-state index in [1.165, 1.54) is 0 Å². The molecular weight excluding hydrogens is 200 g/mol. The van der Waals surface area contributed by atoms with Crippen LogP contribution < -0.4 is 4.74 Å². The topological polar surface area (TPSA) is 35.0 Å².